The second-order valence-electron chi connectivity index (χ2n) is 6.01. The molecule has 0 fully saturated rings. The molecule has 0 aliphatic rings. The van der Waals surface area contributed by atoms with Crippen LogP contribution in [0.15, 0.2) is 58.8 Å². The molecule has 0 bridgehead atoms. The first-order valence-corrected chi connectivity index (χ1v) is 9.03. The van der Waals surface area contributed by atoms with Gasteiger partial charge in [0.15, 0.2) is 5.16 Å². The van der Waals surface area contributed by atoms with Crippen molar-refractivity contribution < 1.29 is 14.1 Å². The minimum absolute atomic E-state index is 0.156. The number of carbonyl (C=O) groups excluding carboxylic acids is 1. The van der Waals surface area contributed by atoms with Crippen molar-refractivity contribution in [1.29, 1.82) is 0 Å². The number of rotatable bonds is 6. The Labute approximate surface area is 163 Å². The summed E-state index contributed by atoms with van der Waals surface area (Å²) in [5.41, 5.74) is 0.678. The number of nitrogens with zero attached hydrogens (tertiary/aromatic N) is 4. The predicted octanol–water partition coefficient (Wildman–Crippen LogP) is 3.50. The lowest BCUT2D eigenvalue weighted by molar-refractivity contribution is -0.387. The number of aromatic nitrogens is 3. The molecule has 0 saturated carbocycles. The van der Waals surface area contributed by atoms with E-state index in [1.807, 2.05) is 0 Å². The van der Waals surface area contributed by atoms with E-state index in [0.29, 0.717) is 10.1 Å². The first-order valence-electron chi connectivity index (χ1n) is 8.22. The van der Waals surface area contributed by atoms with Crippen molar-refractivity contribution in [3.8, 4) is 0 Å². The minimum atomic E-state index is -0.543. The van der Waals surface area contributed by atoms with E-state index in [-0.39, 0.29) is 23.1 Å². The van der Waals surface area contributed by atoms with Gasteiger partial charge in [-0.15, -0.1) is 10.2 Å². The fraction of sp³-hybridized carbons (Fsp3) is 0.167. The van der Waals surface area contributed by atoms with Crippen LogP contribution in [0.3, 0.4) is 0 Å². The summed E-state index contributed by atoms with van der Waals surface area (Å²) in [4.78, 5) is 23.8. The number of nitrogens with one attached hydrogen (secondary N) is 1. The molecule has 1 heterocycles. The van der Waals surface area contributed by atoms with Gasteiger partial charge in [-0.05, 0) is 48.5 Å². The van der Waals surface area contributed by atoms with Crippen LogP contribution in [-0.4, -0.2) is 25.6 Å². The summed E-state index contributed by atoms with van der Waals surface area (Å²) in [5, 5.41) is 22.3. The smallest absolute Gasteiger partial charge is 0.284 e. The van der Waals surface area contributed by atoms with E-state index in [4.69, 9.17) is 0 Å². The fourth-order valence-electron chi connectivity index (χ4n) is 2.47. The highest BCUT2D eigenvalue weighted by Gasteiger charge is 2.21. The van der Waals surface area contributed by atoms with Crippen LogP contribution >= 0.6 is 11.8 Å². The van der Waals surface area contributed by atoms with Gasteiger partial charge in [0.25, 0.3) is 11.6 Å². The van der Waals surface area contributed by atoms with Crippen LogP contribution in [0, 0.1) is 15.9 Å². The number of carbonyl (C=O) groups is 1. The summed E-state index contributed by atoms with van der Waals surface area (Å²) in [7, 11) is 1.73. The molecule has 3 aromatic rings. The average Bonchev–Trinajstić information content (AvgIpc) is 3.07. The molecule has 1 atom stereocenters. The maximum absolute atomic E-state index is 13.0. The van der Waals surface area contributed by atoms with E-state index in [1.165, 1.54) is 36.7 Å². The Bertz CT molecular complexity index is 1020. The fourth-order valence-corrected chi connectivity index (χ4v) is 3.32. The summed E-state index contributed by atoms with van der Waals surface area (Å²) in [6.45, 7) is 1.75. The van der Waals surface area contributed by atoms with Gasteiger partial charge in [0.1, 0.15) is 12.1 Å². The Hall–Kier alpha value is -3.27. The summed E-state index contributed by atoms with van der Waals surface area (Å²) in [5.74, 6) is -0.830. The molecule has 0 radical (unpaired) electrons. The van der Waals surface area contributed by atoms with Gasteiger partial charge in [-0.25, -0.2) is 4.39 Å². The molecule has 0 saturated heterocycles. The van der Waals surface area contributed by atoms with Gasteiger partial charge in [-0.3, -0.25) is 14.9 Å². The molecule has 1 amide bonds. The van der Waals surface area contributed by atoms with Crippen LogP contribution in [0.2, 0.25) is 0 Å². The lowest BCUT2D eigenvalue weighted by atomic mass is 10.1. The van der Waals surface area contributed by atoms with Crippen molar-refractivity contribution in [2.75, 3.05) is 0 Å². The Kier molecular flexibility index (Phi) is 5.69. The third kappa shape index (κ3) is 4.34. The number of hydrogen-bond acceptors (Lipinski definition) is 6. The molecule has 0 aliphatic carbocycles. The molecule has 10 heteroatoms. The van der Waals surface area contributed by atoms with Crippen molar-refractivity contribution in [2.24, 2.45) is 7.05 Å². The highest BCUT2D eigenvalue weighted by molar-refractivity contribution is 7.99. The summed E-state index contributed by atoms with van der Waals surface area (Å²) >= 11 is 1.09. The highest BCUT2D eigenvalue weighted by Crippen LogP contribution is 2.34. The topological polar surface area (TPSA) is 103 Å². The predicted molar refractivity (Wildman–Crippen MR) is 101 cm³/mol. The van der Waals surface area contributed by atoms with E-state index in [2.05, 4.69) is 15.5 Å². The molecule has 0 spiro atoms. The van der Waals surface area contributed by atoms with Gasteiger partial charge in [0.05, 0.1) is 15.9 Å². The van der Waals surface area contributed by atoms with Crippen LogP contribution in [-0.2, 0) is 7.05 Å². The van der Waals surface area contributed by atoms with Gasteiger partial charge in [-0.2, -0.15) is 0 Å². The Morgan fingerprint density at radius 2 is 2.00 bits per heavy atom. The normalized spacial score (nSPS) is 11.8. The maximum Gasteiger partial charge on any atom is 0.284 e. The van der Waals surface area contributed by atoms with Gasteiger partial charge >= 0.3 is 0 Å². The van der Waals surface area contributed by atoms with Crippen molar-refractivity contribution in [3.63, 3.8) is 0 Å². The SMILES string of the molecule is C[C@H](NC(=O)c1ccc(Sc2nncn2C)c([N+](=O)[O-])c1)c1ccc(F)cc1. The third-order valence-electron chi connectivity index (χ3n) is 4.01. The van der Waals surface area contributed by atoms with Gasteiger partial charge in [0.2, 0.25) is 0 Å². The van der Waals surface area contributed by atoms with Crippen molar-refractivity contribution >= 4 is 23.4 Å². The monoisotopic (exact) mass is 401 g/mol. The quantitative estimate of drug-likeness (QED) is 0.501. The number of nitro benzene ring substituents is 1. The Balaban J connectivity index is 1.80. The summed E-state index contributed by atoms with van der Waals surface area (Å²) < 4.78 is 14.7. The molecule has 8 nitrogen and oxygen atoms in total. The molecule has 0 aliphatic heterocycles. The maximum atomic E-state index is 13.0. The van der Waals surface area contributed by atoms with E-state index in [9.17, 15) is 19.3 Å². The van der Waals surface area contributed by atoms with Crippen LogP contribution in [0.1, 0.15) is 28.9 Å². The number of hydrogen-bond donors (Lipinski definition) is 1. The summed E-state index contributed by atoms with van der Waals surface area (Å²) in [6, 6.07) is 9.62. The van der Waals surface area contributed by atoms with Crippen LogP contribution in [0.5, 0.6) is 0 Å². The van der Waals surface area contributed by atoms with Crippen LogP contribution in [0.25, 0.3) is 0 Å². The lowest BCUT2D eigenvalue weighted by Gasteiger charge is -2.14. The zero-order valence-corrected chi connectivity index (χ0v) is 15.8. The summed E-state index contributed by atoms with van der Waals surface area (Å²) in [6.07, 6.45) is 1.49. The second kappa shape index (κ2) is 8.17. The van der Waals surface area contributed by atoms with E-state index >= 15 is 0 Å². The van der Waals surface area contributed by atoms with Crippen molar-refractivity contribution in [2.45, 2.75) is 23.0 Å². The average molecular weight is 401 g/mol. The largest absolute Gasteiger partial charge is 0.346 e. The first kappa shape index (κ1) is 19.5. The molecule has 3 rings (SSSR count). The van der Waals surface area contributed by atoms with Crippen molar-refractivity contribution in [1.82, 2.24) is 20.1 Å². The standard InChI is InChI=1S/C18H16FN5O3S/c1-11(12-3-6-14(19)7-4-12)21-17(25)13-5-8-16(15(9-13)24(26)27)28-18-22-20-10-23(18)2/h3-11H,1-2H3,(H,21,25)/t11-/m0/s1. The van der Waals surface area contributed by atoms with Crippen LogP contribution in [0.4, 0.5) is 10.1 Å². The molecule has 2 aromatic carbocycles. The zero-order chi connectivity index (χ0) is 20.3. The molecule has 0 unspecified atom stereocenters. The highest BCUT2D eigenvalue weighted by atomic mass is 32.2. The van der Waals surface area contributed by atoms with Gasteiger partial charge in [-0.1, -0.05) is 12.1 Å². The molecule has 28 heavy (non-hydrogen) atoms. The number of halogens is 1. The third-order valence-corrected chi connectivity index (χ3v) is 5.12. The minimum Gasteiger partial charge on any atom is -0.346 e. The van der Waals surface area contributed by atoms with E-state index < -0.39 is 10.8 Å². The van der Waals surface area contributed by atoms with Crippen molar-refractivity contribution in [3.05, 3.63) is 75.9 Å². The van der Waals surface area contributed by atoms with Gasteiger partial charge < -0.3 is 9.88 Å². The molecular weight excluding hydrogens is 385 g/mol. The Morgan fingerprint density at radius 3 is 2.61 bits per heavy atom. The number of aryl methyl sites for hydroxylation is 1. The molecule has 1 aromatic heterocycles. The zero-order valence-electron chi connectivity index (χ0n) is 15.0. The molecule has 1 N–H and O–H groups in total. The number of benzene rings is 2. The van der Waals surface area contributed by atoms with E-state index in [1.54, 1.807) is 30.7 Å². The van der Waals surface area contributed by atoms with Crippen LogP contribution < -0.4 is 5.32 Å². The first-order chi connectivity index (χ1) is 13.3. The Morgan fingerprint density at radius 1 is 1.29 bits per heavy atom. The number of amides is 1. The second-order valence-corrected chi connectivity index (χ2v) is 7.02. The van der Waals surface area contributed by atoms with E-state index in [0.717, 1.165) is 17.3 Å². The lowest BCUT2D eigenvalue weighted by Crippen LogP contribution is -2.26. The van der Waals surface area contributed by atoms with Gasteiger partial charge in [0, 0.05) is 18.7 Å². The molecular formula is C18H16FN5O3S. The number of nitro groups is 1. The molecule has 144 valence electrons.